The summed E-state index contributed by atoms with van der Waals surface area (Å²) in [6, 6.07) is 6.78. The third-order valence-electron chi connectivity index (χ3n) is 3.10. The van der Waals surface area contributed by atoms with E-state index in [1.54, 1.807) is 6.07 Å². The molecule has 2 aromatic rings. The van der Waals surface area contributed by atoms with Crippen molar-refractivity contribution in [2.45, 2.75) is 26.3 Å². The van der Waals surface area contributed by atoms with Crippen LogP contribution < -0.4 is 11.3 Å². The highest BCUT2D eigenvalue weighted by Crippen LogP contribution is 2.26. The Morgan fingerprint density at radius 3 is 2.63 bits per heavy atom. The summed E-state index contributed by atoms with van der Waals surface area (Å²) in [7, 11) is 0. The van der Waals surface area contributed by atoms with Gasteiger partial charge < -0.3 is 4.42 Å². The van der Waals surface area contributed by atoms with Crippen molar-refractivity contribution in [2.75, 3.05) is 0 Å². The fourth-order valence-electron chi connectivity index (χ4n) is 2.16. The van der Waals surface area contributed by atoms with Gasteiger partial charge in [-0.3, -0.25) is 11.3 Å². The first-order valence-corrected chi connectivity index (χ1v) is 6.77. The molecular formula is C14H16BrFN2O. The summed E-state index contributed by atoms with van der Waals surface area (Å²) in [4.78, 5) is 0. The maximum Gasteiger partial charge on any atom is 0.127 e. The summed E-state index contributed by atoms with van der Waals surface area (Å²) in [5.74, 6) is 6.97. The van der Waals surface area contributed by atoms with E-state index in [1.807, 2.05) is 26.0 Å². The third-order valence-corrected chi connectivity index (χ3v) is 3.59. The summed E-state index contributed by atoms with van der Waals surface area (Å²) >= 11 is 3.24. The first-order chi connectivity index (χ1) is 9.01. The van der Waals surface area contributed by atoms with Gasteiger partial charge in [-0.2, -0.15) is 0 Å². The van der Waals surface area contributed by atoms with Gasteiger partial charge in [0.2, 0.25) is 0 Å². The second kappa shape index (κ2) is 5.86. The van der Waals surface area contributed by atoms with Crippen LogP contribution in [0.3, 0.4) is 0 Å². The Hall–Kier alpha value is -1.17. The monoisotopic (exact) mass is 326 g/mol. The Balaban J connectivity index is 2.26. The molecule has 0 aliphatic rings. The molecule has 0 aliphatic heterocycles. The molecule has 0 spiro atoms. The van der Waals surface area contributed by atoms with Crippen LogP contribution in [-0.2, 0) is 6.42 Å². The van der Waals surface area contributed by atoms with Gasteiger partial charge in [-0.25, -0.2) is 4.39 Å². The van der Waals surface area contributed by atoms with Crippen LogP contribution in [0, 0.1) is 19.7 Å². The Bertz CT molecular complexity index is 583. The van der Waals surface area contributed by atoms with Crippen molar-refractivity contribution in [3.05, 3.63) is 57.2 Å². The number of rotatable bonds is 4. The lowest BCUT2D eigenvalue weighted by Crippen LogP contribution is -2.30. The van der Waals surface area contributed by atoms with E-state index in [4.69, 9.17) is 10.3 Å². The molecule has 1 unspecified atom stereocenters. The van der Waals surface area contributed by atoms with Gasteiger partial charge >= 0.3 is 0 Å². The minimum Gasteiger partial charge on any atom is -0.466 e. The molecule has 1 aromatic carbocycles. The van der Waals surface area contributed by atoms with Crippen molar-refractivity contribution >= 4 is 15.9 Å². The molecule has 3 N–H and O–H groups in total. The highest BCUT2D eigenvalue weighted by molar-refractivity contribution is 9.10. The number of hydrogen-bond acceptors (Lipinski definition) is 3. The molecule has 1 atom stereocenters. The van der Waals surface area contributed by atoms with Crippen molar-refractivity contribution in [3.8, 4) is 0 Å². The highest BCUT2D eigenvalue weighted by atomic mass is 79.9. The van der Waals surface area contributed by atoms with Crippen LogP contribution >= 0.6 is 15.9 Å². The average molecular weight is 327 g/mol. The lowest BCUT2D eigenvalue weighted by Gasteiger charge is -2.16. The largest absolute Gasteiger partial charge is 0.466 e. The molecule has 0 amide bonds. The zero-order valence-corrected chi connectivity index (χ0v) is 12.4. The highest BCUT2D eigenvalue weighted by Gasteiger charge is 2.18. The van der Waals surface area contributed by atoms with Crippen LogP contribution in [0.25, 0.3) is 0 Å². The lowest BCUT2D eigenvalue weighted by atomic mass is 9.99. The van der Waals surface area contributed by atoms with Gasteiger partial charge in [0.05, 0.1) is 6.04 Å². The van der Waals surface area contributed by atoms with Gasteiger partial charge in [0.1, 0.15) is 17.3 Å². The SMILES string of the molecule is Cc1cc(C(Cc2ccc(Br)cc2F)NN)c(C)o1. The maximum atomic E-state index is 13.8. The van der Waals surface area contributed by atoms with E-state index in [1.165, 1.54) is 6.07 Å². The van der Waals surface area contributed by atoms with Gasteiger partial charge in [-0.05, 0) is 44.0 Å². The molecule has 0 bridgehead atoms. The molecule has 2 rings (SSSR count). The van der Waals surface area contributed by atoms with Crippen LogP contribution in [-0.4, -0.2) is 0 Å². The minimum atomic E-state index is -0.243. The third kappa shape index (κ3) is 3.23. The standard InChI is InChI=1S/C14H16BrFN2O/c1-8-5-12(9(2)19-8)14(18-17)6-10-3-4-11(15)7-13(10)16/h3-5,7,14,18H,6,17H2,1-2H3. The Labute approximate surface area is 120 Å². The summed E-state index contributed by atoms with van der Waals surface area (Å²) in [6.45, 7) is 3.76. The maximum absolute atomic E-state index is 13.8. The van der Waals surface area contributed by atoms with Gasteiger partial charge in [-0.1, -0.05) is 22.0 Å². The quantitative estimate of drug-likeness (QED) is 0.667. The van der Waals surface area contributed by atoms with Crippen LogP contribution in [0.4, 0.5) is 4.39 Å². The molecule has 0 aliphatic carbocycles. The minimum absolute atomic E-state index is 0.173. The predicted molar refractivity (Wildman–Crippen MR) is 76.1 cm³/mol. The molecule has 102 valence electrons. The van der Waals surface area contributed by atoms with Crippen LogP contribution in [0.2, 0.25) is 0 Å². The summed E-state index contributed by atoms with van der Waals surface area (Å²) < 4.78 is 20.1. The summed E-state index contributed by atoms with van der Waals surface area (Å²) in [5.41, 5.74) is 4.30. The Morgan fingerprint density at radius 2 is 2.11 bits per heavy atom. The topological polar surface area (TPSA) is 51.2 Å². The molecule has 19 heavy (non-hydrogen) atoms. The van der Waals surface area contributed by atoms with Crippen LogP contribution in [0.15, 0.2) is 33.2 Å². The van der Waals surface area contributed by atoms with E-state index in [0.29, 0.717) is 12.0 Å². The van der Waals surface area contributed by atoms with E-state index in [0.717, 1.165) is 21.6 Å². The smallest absolute Gasteiger partial charge is 0.127 e. The molecular weight excluding hydrogens is 311 g/mol. The van der Waals surface area contributed by atoms with Gasteiger partial charge in [-0.15, -0.1) is 0 Å². The number of hydrazine groups is 1. The van der Waals surface area contributed by atoms with Gasteiger partial charge in [0.15, 0.2) is 0 Å². The summed E-state index contributed by atoms with van der Waals surface area (Å²) in [5, 5.41) is 0. The van der Waals surface area contributed by atoms with E-state index in [2.05, 4.69) is 21.4 Å². The molecule has 1 heterocycles. The van der Waals surface area contributed by atoms with Gasteiger partial charge in [0.25, 0.3) is 0 Å². The number of halogens is 2. The fraction of sp³-hybridized carbons (Fsp3) is 0.286. The number of hydrogen-bond donors (Lipinski definition) is 2. The molecule has 0 saturated heterocycles. The normalized spacial score (nSPS) is 12.7. The van der Waals surface area contributed by atoms with Crippen molar-refractivity contribution in [1.82, 2.24) is 5.43 Å². The number of aryl methyl sites for hydroxylation is 2. The molecule has 0 saturated carbocycles. The molecule has 3 nitrogen and oxygen atoms in total. The first-order valence-electron chi connectivity index (χ1n) is 5.98. The summed E-state index contributed by atoms with van der Waals surface area (Å²) in [6.07, 6.45) is 0.468. The van der Waals surface area contributed by atoms with Crippen LogP contribution in [0.1, 0.15) is 28.7 Å². The number of nitrogens with two attached hydrogens (primary N) is 1. The van der Waals surface area contributed by atoms with E-state index >= 15 is 0 Å². The average Bonchev–Trinajstić information content (AvgIpc) is 2.68. The van der Waals surface area contributed by atoms with Crippen LogP contribution in [0.5, 0.6) is 0 Å². The second-order valence-corrected chi connectivity index (χ2v) is 5.44. The van der Waals surface area contributed by atoms with Gasteiger partial charge in [0, 0.05) is 10.0 Å². The molecule has 5 heteroatoms. The van der Waals surface area contributed by atoms with Crippen molar-refractivity contribution in [2.24, 2.45) is 5.84 Å². The molecule has 0 radical (unpaired) electrons. The molecule has 1 aromatic heterocycles. The second-order valence-electron chi connectivity index (χ2n) is 4.53. The fourth-order valence-corrected chi connectivity index (χ4v) is 2.50. The Morgan fingerprint density at radius 1 is 1.37 bits per heavy atom. The molecule has 0 fully saturated rings. The predicted octanol–water partition coefficient (Wildman–Crippen LogP) is 3.55. The van der Waals surface area contributed by atoms with Crippen molar-refractivity contribution < 1.29 is 8.81 Å². The van der Waals surface area contributed by atoms with E-state index < -0.39 is 0 Å². The Kier molecular flexibility index (Phi) is 4.39. The van der Waals surface area contributed by atoms with E-state index in [-0.39, 0.29) is 11.9 Å². The number of furan rings is 1. The van der Waals surface area contributed by atoms with E-state index in [9.17, 15) is 4.39 Å². The zero-order chi connectivity index (χ0) is 14.0. The number of nitrogens with one attached hydrogen (secondary N) is 1. The zero-order valence-electron chi connectivity index (χ0n) is 10.8. The lowest BCUT2D eigenvalue weighted by molar-refractivity contribution is 0.481. The van der Waals surface area contributed by atoms with Crippen molar-refractivity contribution in [1.29, 1.82) is 0 Å². The number of benzene rings is 1. The first kappa shape index (κ1) is 14.2. The van der Waals surface area contributed by atoms with Crippen molar-refractivity contribution in [3.63, 3.8) is 0 Å².